The number of rotatable bonds is 3. The van der Waals surface area contributed by atoms with E-state index in [0.29, 0.717) is 0 Å². The molecule has 140 valence electrons. The number of urea groups is 1. The summed E-state index contributed by atoms with van der Waals surface area (Å²) in [4.78, 5) is 12.2. The van der Waals surface area contributed by atoms with Crippen molar-refractivity contribution < 1.29 is 18.0 Å². The molecule has 5 nitrogen and oxygen atoms in total. The highest BCUT2D eigenvalue weighted by Crippen LogP contribution is 2.49. The summed E-state index contributed by atoms with van der Waals surface area (Å²) in [5, 5.41) is 9.04. The van der Waals surface area contributed by atoms with Crippen molar-refractivity contribution in [3.63, 3.8) is 0 Å². The molecule has 2 aliphatic rings. The fourth-order valence-electron chi connectivity index (χ4n) is 4.51. The van der Waals surface area contributed by atoms with Crippen molar-refractivity contribution in [1.29, 1.82) is 0 Å². The molecule has 25 heavy (non-hydrogen) atoms. The molecule has 2 fully saturated rings. The molecule has 0 saturated heterocycles. The predicted octanol–water partition coefficient (Wildman–Crippen LogP) is 3.74. The van der Waals surface area contributed by atoms with Crippen molar-refractivity contribution >= 4 is 6.03 Å². The van der Waals surface area contributed by atoms with Crippen LogP contribution in [0.4, 0.5) is 18.0 Å². The van der Waals surface area contributed by atoms with Crippen molar-refractivity contribution in [3.8, 4) is 0 Å². The Morgan fingerprint density at radius 3 is 2.64 bits per heavy atom. The lowest BCUT2D eigenvalue weighted by Crippen LogP contribution is -2.48. The quantitative estimate of drug-likeness (QED) is 0.865. The Labute approximate surface area is 145 Å². The second kappa shape index (κ2) is 6.88. The fourth-order valence-corrected chi connectivity index (χ4v) is 4.51. The van der Waals surface area contributed by atoms with Gasteiger partial charge in [-0.2, -0.15) is 18.3 Å². The van der Waals surface area contributed by atoms with E-state index >= 15 is 0 Å². The molecule has 1 unspecified atom stereocenters. The monoisotopic (exact) mass is 358 g/mol. The van der Waals surface area contributed by atoms with Gasteiger partial charge in [0.25, 0.3) is 0 Å². The number of carbonyl (C=O) groups is 1. The van der Waals surface area contributed by atoms with Gasteiger partial charge >= 0.3 is 12.2 Å². The molecule has 2 saturated carbocycles. The molecular weight excluding hydrogens is 333 g/mol. The first-order valence-corrected chi connectivity index (χ1v) is 8.94. The van der Waals surface area contributed by atoms with Gasteiger partial charge in [-0.25, -0.2) is 4.79 Å². The predicted molar refractivity (Wildman–Crippen MR) is 86.7 cm³/mol. The highest BCUT2D eigenvalue weighted by molar-refractivity contribution is 5.74. The minimum Gasteiger partial charge on any atom is -0.335 e. The van der Waals surface area contributed by atoms with Crippen molar-refractivity contribution in [2.75, 3.05) is 0 Å². The third kappa shape index (κ3) is 3.93. The van der Waals surface area contributed by atoms with E-state index in [0.717, 1.165) is 36.8 Å². The van der Waals surface area contributed by atoms with Gasteiger partial charge in [0.2, 0.25) is 0 Å². The Kier molecular flexibility index (Phi) is 4.97. The molecule has 0 aromatic carbocycles. The van der Waals surface area contributed by atoms with Crippen LogP contribution in [0.5, 0.6) is 0 Å². The standard InChI is InChI=1S/C17H25F3N4O/c1-24-11-12(14(23-24)17(18,19)20)10-21-15(25)22-13-6-5-9-16(13)7-3-2-4-8-16/h11,13H,2-10H2,1H3,(H2,21,22,25). The maximum Gasteiger partial charge on any atom is 0.435 e. The molecule has 8 heteroatoms. The number of nitrogens with one attached hydrogen (secondary N) is 2. The second-order valence-electron chi connectivity index (χ2n) is 7.37. The highest BCUT2D eigenvalue weighted by atomic mass is 19.4. The van der Waals surface area contributed by atoms with E-state index in [1.54, 1.807) is 0 Å². The Bertz CT molecular complexity index is 620. The van der Waals surface area contributed by atoms with Crippen LogP contribution in [0.25, 0.3) is 0 Å². The molecule has 2 amide bonds. The van der Waals surface area contributed by atoms with Crippen LogP contribution in [-0.4, -0.2) is 21.9 Å². The highest BCUT2D eigenvalue weighted by Gasteiger charge is 2.44. The summed E-state index contributed by atoms with van der Waals surface area (Å²) in [6.07, 6.45) is 5.89. The zero-order chi connectivity index (χ0) is 18.1. The van der Waals surface area contributed by atoms with Gasteiger partial charge in [-0.1, -0.05) is 25.7 Å². The summed E-state index contributed by atoms with van der Waals surface area (Å²) in [5.41, 5.74) is -0.773. The van der Waals surface area contributed by atoms with Crippen molar-refractivity contribution in [2.24, 2.45) is 12.5 Å². The average Bonchev–Trinajstić information content (AvgIpc) is 3.10. The first-order valence-electron chi connectivity index (χ1n) is 8.94. The van der Waals surface area contributed by atoms with Gasteiger partial charge in [-0.05, 0) is 31.1 Å². The lowest BCUT2D eigenvalue weighted by molar-refractivity contribution is -0.142. The van der Waals surface area contributed by atoms with Crippen LogP contribution in [-0.2, 0) is 19.8 Å². The van der Waals surface area contributed by atoms with E-state index in [2.05, 4.69) is 15.7 Å². The largest absolute Gasteiger partial charge is 0.435 e. The van der Waals surface area contributed by atoms with Gasteiger partial charge in [0.1, 0.15) is 0 Å². The third-order valence-electron chi connectivity index (χ3n) is 5.67. The van der Waals surface area contributed by atoms with Crippen LogP contribution in [0.1, 0.15) is 62.6 Å². The Hall–Kier alpha value is -1.73. The molecule has 1 aromatic rings. The van der Waals surface area contributed by atoms with Gasteiger partial charge in [0.05, 0.1) is 0 Å². The molecule has 3 rings (SSSR count). The number of aryl methyl sites for hydroxylation is 1. The average molecular weight is 358 g/mol. The zero-order valence-electron chi connectivity index (χ0n) is 14.5. The molecule has 0 bridgehead atoms. The summed E-state index contributed by atoms with van der Waals surface area (Å²) in [6, 6.07) is -0.266. The van der Waals surface area contributed by atoms with E-state index in [9.17, 15) is 18.0 Å². The van der Waals surface area contributed by atoms with Crippen LogP contribution in [0, 0.1) is 5.41 Å². The number of carbonyl (C=O) groups excluding carboxylic acids is 1. The summed E-state index contributed by atoms with van der Waals surface area (Å²) < 4.78 is 40.0. The van der Waals surface area contributed by atoms with E-state index in [4.69, 9.17) is 0 Å². The maximum atomic E-state index is 12.9. The van der Waals surface area contributed by atoms with Crippen molar-refractivity contribution in [3.05, 3.63) is 17.5 Å². The minimum atomic E-state index is -4.52. The van der Waals surface area contributed by atoms with Crippen molar-refractivity contribution in [2.45, 2.75) is 70.1 Å². The number of hydrogen-bond donors (Lipinski definition) is 2. The number of nitrogens with zero attached hydrogens (tertiary/aromatic N) is 2. The lowest BCUT2D eigenvalue weighted by atomic mass is 9.70. The SMILES string of the molecule is Cn1cc(CNC(=O)NC2CCCC23CCCCC3)c(C(F)(F)F)n1. The fraction of sp³-hybridized carbons (Fsp3) is 0.765. The number of hydrogen-bond acceptors (Lipinski definition) is 2. The number of aromatic nitrogens is 2. The van der Waals surface area contributed by atoms with Gasteiger partial charge in [-0.15, -0.1) is 0 Å². The van der Waals surface area contributed by atoms with Gasteiger partial charge in [-0.3, -0.25) is 4.68 Å². The normalized spacial score (nSPS) is 23.0. The topological polar surface area (TPSA) is 59.0 Å². The molecule has 0 aliphatic heterocycles. The van der Waals surface area contributed by atoms with Gasteiger partial charge in [0.15, 0.2) is 5.69 Å². The summed E-state index contributed by atoms with van der Waals surface area (Å²) in [5.74, 6) is 0. The molecule has 1 atom stereocenters. The molecule has 1 heterocycles. The number of alkyl halides is 3. The van der Waals surface area contributed by atoms with E-state index in [-0.39, 0.29) is 23.6 Å². The molecule has 1 spiro atoms. The molecular formula is C17H25F3N4O. The third-order valence-corrected chi connectivity index (χ3v) is 5.67. The second-order valence-corrected chi connectivity index (χ2v) is 7.37. The van der Waals surface area contributed by atoms with Gasteiger partial charge < -0.3 is 10.6 Å². The Morgan fingerprint density at radius 2 is 1.96 bits per heavy atom. The first-order chi connectivity index (χ1) is 11.8. The van der Waals surface area contributed by atoms with Crippen molar-refractivity contribution in [1.82, 2.24) is 20.4 Å². The summed E-state index contributed by atoms with van der Waals surface area (Å²) >= 11 is 0. The van der Waals surface area contributed by atoms with E-state index in [1.165, 1.54) is 32.5 Å². The zero-order valence-corrected chi connectivity index (χ0v) is 14.5. The van der Waals surface area contributed by atoms with Crippen LogP contribution >= 0.6 is 0 Å². The van der Waals surface area contributed by atoms with Crippen LogP contribution in [0.15, 0.2) is 6.20 Å². The van der Waals surface area contributed by atoms with E-state index in [1.807, 2.05) is 0 Å². The summed E-state index contributed by atoms with van der Waals surface area (Å²) in [7, 11) is 1.43. The van der Waals surface area contributed by atoms with E-state index < -0.39 is 17.9 Å². The first kappa shape index (κ1) is 18.1. The van der Waals surface area contributed by atoms with Crippen LogP contribution < -0.4 is 10.6 Å². The molecule has 2 N–H and O–H groups in total. The molecule has 0 radical (unpaired) electrons. The van der Waals surface area contributed by atoms with Crippen LogP contribution in [0.3, 0.4) is 0 Å². The van der Waals surface area contributed by atoms with Gasteiger partial charge in [0, 0.05) is 31.4 Å². The smallest absolute Gasteiger partial charge is 0.335 e. The minimum absolute atomic E-state index is 0.0241. The number of amides is 2. The molecule has 1 aromatic heterocycles. The lowest BCUT2D eigenvalue weighted by Gasteiger charge is -2.39. The van der Waals surface area contributed by atoms with Crippen LogP contribution in [0.2, 0.25) is 0 Å². The summed E-state index contributed by atoms with van der Waals surface area (Å²) in [6.45, 7) is -0.186. The maximum absolute atomic E-state index is 12.9. The Morgan fingerprint density at radius 1 is 1.28 bits per heavy atom. The molecule has 2 aliphatic carbocycles. The Balaban J connectivity index is 1.58. The number of halogens is 3.